The van der Waals surface area contributed by atoms with E-state index < -0.39 is 0 Å². The summed E-state index contributed by atoms with van der Waals surface area (Å²) in [6.45, 7) is 12.2. The SMILES string of the molecule is C=CCN(CC)c1c(F)cccc1C(C)NCC. The first kappa shape index (κ1) is 14.7. The lowest BCUT2D eigenvalue weighted by Gasteiger charge is -2.27. The maximum absolute atomic E-state index is 14.1. The van der Waals surface area contributed by atoms with Gasteiger partial charge in [0.25, 0.3) is 0 Å². The van der Waals surface area contributed by atoms with Gasteiger partial charge in [0.15, 0.2) is 0 Å². The third-order valence-corrected chi connectivity index (χ3v) is 3.04. The number of para-hydroxylation sites is 1. The maximum Gasteiger partial charge on any atom is 0.146 e. The molecule has 0 spiro atoms. The van der Waals surface area contributed by atoms with Crippen molar-refractivity contribution in [3.63, 3.8) is 0 Å². The molecule has 0 bridgehead atoms. The molecule has 0 aromatic heterocycles. The Morgan fingerprint density at radius 3 is 2.72 bits per heavy atom. The van der Waals surface area contributed by atoms with E-state index in [1.165, 1.54) is 6.07 Å². The van der Waals surface area contributed by atoms with E-state index in [0.717, 1.165) is 18.7 Å². The van der Waals surface area contributed by atoms with Gasteiger partial charge < -0.3 is 10.2 Å². The summed E-state index contributed by atoms with van der Waals surface area (Å²) >= 11 is 0. The highest BCUT2D eigenvalue weighted by Crippen LogP contribution is 2.29. The average molecular weight is 250 g/mol. The quantitative estimate of drug-likeness (QED) is 0.745. The topological polar surface area (TPSA) is 15.3 Å². The lowest BCUT2D eigenvalue weighted by Crippen LogP contribution is -2.27. The van der Waals surface area contributed by atoms with Crippen molar-refractivity contribution < 1.29 is 4.39 Å². The Kier molecular flexibility index (Phi) is 5.86. The predicted octanol–water partition coefficient (Wildman–Crippen LogP) is 3.51. The second kappa shape index (κ2) is 7.17. The Balaban J connectivity index is 3.17. The molecule has 1 aromatic carbocycles. The van der Waals surface area contributed by atoms with Crippen molar-refractivity contribution in [2.45, 2.75) is 26.8 Å². The summed E-state index contributed by atoms with van der Waals surface area (Å²) in [5, 5.41) is 3.33. The number of likely N-dealkylation sites (N-methyl/N-ethyl adjacent to an activating group) is 1. The first-order chi connectivity index (χ1) is 8.65. The number of hydrogen-bond acceptors (Lipinski definition) is 2. The van der Waals surface area contributed by atoms with Crippen LogP contribution in [0.4, 0.5) is 10.1 Å². The van der Waals surface area contributed by atoms with Gasteiger partial charge >= 0.3 is 0 Å². The molecule has 3 heteroatoms. The van der Waals surface area contributed by atoms with Crippen LogP contribution in [-0.4, -0.2) is 19.6 Å². The largest absolute Gasteiger partial charge is 0.365 e. The van der Waals surface area contributed by atoms with Gasteiger partial charge in [-0.25, -0.2) is 4.39 Å². The minimum Gasteiger partial charge on any atom is -0.365 e. The highest BCUT2D eigenvalue weighted by Gasteiger charge is 2.17. The molecule has 0 saturated heterocycles. The zero-order valence-electron chi connectivity index (χ0n) is 11.5. The summed E-state index contributed by atoms with van der Waals surface area (Å²) in [7, 11) is 0. The van der Waals surface area contributed by atoms with Gasteiger partial charge in [-0.05, 0) is 32.0 Å². The monoisotopic (exact) mass is 250 g/mol. The van der Waals surface area contributed by atoms with Crippen molar-refractivity contribution in [3.05, 3.63) is 42.2 Å². The maximum atomic E-state index is 14.1. The lowest BCUT2D eigenvalue weighted by atomic mass is 10.0. The average Bonchev–Trinajstić information content (AvgIpc) is 2.36. The predicted molar refractivity (Wildman–Crippen MR) is 76.6 cm³/mol. The molecule has 1 unspecified atom stereocenters. The molecule has 2 nitrogen and oxygen atoms in total. The van der Waals surface area contributed by atoms with Gasteiger partial charge in [-0.1, -0.05) is 25.1 Å². The van der Waals surface area contributed by atoms with E-state index in [1.807, 2.05) is 17.9 Å². The fourth-order valence-corrected chi connectivity index (χ4v) is 2.17. The summed E-state index contributed by atoms with van der Waals surface area (Å²) in [6, 6.07) is 5.41. The van der Waals surface area contributed by atoms with E-state index in [2.05, 4.69) is 25.7 Å². The van der Waals surface area contributed by atoms with Crippen LogP contribution < -0.4 is 10.2 Å². The molecule has 0 radical (unpaired) electrons. The molecule has 1 aromatic rings. The fraction of sp³-hybridized carbons (Fsp3) is 0.467. The molecule has 1 rings (SSSR count). The first-order valence-electron chi connectivity index (χ1n) is 6.53. The number of nitrogens with one attached hydrogen (secondary N) is 1. The molecule has 1 N–H and O–H groups in total. The number of anilines is 1. The van der Waals surface area contributed by atoms with Crippen LogP contribution in [0.3, 0.4) is 0 Å². The molecule has 0 aliphatic carbocycles. The van der Waals surface area contributed by atoms with Crippen LogP contribution in [0, 0.1) is 5.82 Å². The highest BCUT2D eigenvalue weighted by atomic mass is 19.1. The zero-order chi connectivity index (χ0) is 13.5. The third-order valence-electron chi connectivity index (χ3n) is 3.04. The molecular weight excluding hydrogens is 227 g/mol. The van der Waals surface area contributed by atoms with E-state index in [4.69, 9.17) is 0 Å². The van der Waals surface area contributed by atoms with E-state index in [-0.39, 0.29) is 11.9 Å². The van der Waals surface area contributed by atoms with E-state index >= 15 is 0 Å². The van der Waals surface area contributed by atoms with Gasteiger partial charge in [-0.3, -0.25) is 0 Å². The van der Waals surface area contributed by atoms with Crippen LogP contribution in [0.1, 0.15) is 32.4 Å². The summed E-state index contributed by atoms with van der Waals surface area (Å²) < 4.78 is 14.1. The van der Waals surface area contributed by atoms with Crippen LogP contribution in [0.25, 0.3) is 0 Å². The van der Waals surface area contributed by atoms with Gasteiger partial charge in [0.05, 0.1) is 5.69 Å². The van der Waals surface area contributed by atoms with Crippen molar-refractivity contribution in [1.29, 1.82) is 0 Å². The van der Waals surface area contributed by atoms with E-state index in [9.17, 15) is 4.39 Å². The van der Waals surface area contributed by atoms with Crippen molar-refractivity contribution >= 4 is 5.69 Å². The van der Waals surface area contributed by atoms with Gasteiger partial charge in [-0.15, -0.1) is 6.58 Å². The number of benzene rings is 1. The lowest BCUT2D eigenvalue weighted by molar-refractivity contribution is 0.579. The molecule has 0 amide bonds. The molecule has 0 saturated carbocycles. The Morgan fingerprint density at radius 2 is 2.17 bits per heavy atom. The Labute approximate surface area is 110 Å². The number of nitrogens with zero attached hydrogens (tertiary/aromatic N) is 1. The Morgan fingerprint density at radius 1 is 1.44 bits per heavy atom. The summed E-state index contributed by atoms with van der Waals surface area (Å²) in [5.74, 6) is -0.166. The van der Waals surface area contributed by atoms with Crippen LogP contribution in [-0.2, 0) is 0 Å². The summed E-state index contributed by atoms with van der Waals surface area (Å²) in [4.78, 5) is 2.01. The zero-order valence-corrected chi connectivity index (χ0v) is 11.5. The number of halogens is 1. The van der Waals surface area contributed by atoms with Crippen LogP contribution in [0.2, 0.25) is 0 Å². The van der Waals surface area contributed by atoms with Gasteiger partial charge in [-0.2, -0.15) is 0 Å². The number of hydrogen-bond donors (Lipinski definition) is 1. The second-order valence-corrected chi connectivity index (χ2v) is 4.28. The number of rotatable bonds is 7. The summed E-state index contributed by atoms with van der Waals surface area (Å²) in [6.07, 6.45) is 1.80. The van der Waals surface area contributed by atoms with E-state index in [0.29, 0.717) is 12.2 Å². The van der Waals surface area contributed by atoms with Gasteiger partial charge in [0.1, 0.15) is 5.82 Å². The molecule has 0 aliphatic heterocycles. The van der Waals surface area contributed by atoms with Crippen molar-refractivity contribution in [1.82, 2.24) is 5.32 Å². The highest BCUT2D eigenvalue weighted by molar-refractivity contribution is 5.56. The van der Waals surface area contributed by atoms with Crippen LogP contribution in [0.5, 0.6) is 0 Å². The van der Waals surface area contributed by atoms with Crippen LogP contribution in [0.15, 0.2) is 30.9 Å². The minimum atomic E-state index is -0.166. The molecule has 1 atom stereocenters. The van der Waals surface area contributed by atoms with Crippen molar-refractivity contribution in [2.75, 3.05) is 24.5 Å². The van der Waals surface area contributed by atoms with Crippen LogP contribution >= 0.6 is 0 Å². The second-order valence-electron chi connectivity index (χ2n) is 4.28. The van der Waals surface area contributed by atoms with Crippen molar-refractivity contribution in [3.8, 4) is 0 Å². The molecule has 0 aliphatic rings. The molecule has 100 valence electrons. The molecule has 18 heavy (non-hydrogen) atoms. The third kappa shape index (κ3) is 3.33. The van der Waals surface area contributed by atoms with Gasteiger partial charge in [0.2, 0.25) is 0 Å². The molecule has 0 fully saturated rings. The summed E-state index contributed by atoms with van der Waals surface area (Å²) in [5.41, 5.74) is 1.69. The fourth-order valence-electron chi connectivity index (χ4n) is 2.17. The standard InChI is InChI=1S/C15H23FN2/c1-5-11-18(7-3)15-13(12(4)17-6-2)9-8-10-14(15)16/h5,8-10,12,17H,1,6-7,11H2,2-4H3. The van der Waals surface area contributed by atoms with E-state index in [1.54, 1.807) is 12.1 Å². The Hall–Kier alpha value is -1.35. The smallest absolute Gasteiger partial charge is 0.146 e. The normalized spacial score (nSPS) is 12.2. The Bertz CT molecular complexity index is 390. The molecular formula is C15H23FN2. The first-order valence-corrected chi connectivity index (χ1v) is 6.53. The van der Waals surface area contributed by atoms with Gasteiger partial charge in [0, 0.05) is 19.1 Å². The van der Waals surface area contributed by atoms with Crippen molar-refractivity contribution in [2.24, 2.45) is 0 Å². The molecule has 0 heterocycles. The minimum absolute atomic E-state index is 0.138.